The molecule has 0 bridgehead atoms. The summed E-state index contributed by atoms with van der Waals surface area (Å²) in [6.07, 6.45) is 2.14. The van der Waals surface area contributed by atoms with Gasteiger partial charge in [0.2, 0.25) is 0 Å². The van der Waals surface area contributed by atoms with Gasteiger partial charge in [0.05, 0.1) is 21.2 Å². The maximum atomic E-state index is 15.1. The average Bonchev–Trinajstić information content (AvgIpc) is 2.79. The van der Waals surface area contributed by atoms with Crippen LogP contribution in [0.2, 0.25) is 0 Å². The number of nitrogens with two attached hydrogens (primary N) is 1. The molecule has 0 saturated heterocycles. The molecular formula is C22H25F3N6O3S. The molecule has 0 saturated carbocycles. The first-order chi connectivity index (χ1) is 16.4. The Bertz CT molecular complexity index is 1310. The summed E-state index contributed by atoms with van der Waals surface area (Å²) in [6.45, 7) is 2.47. The normalized spacial score (nSPS) is 27.4. The summed E-state index contributed by atoms with van der Waals surface area (Å²) in [5.74, 6) is -1.50. The number of alkyl halides is 2. The zero-order chi connectivity index (χ0) is 25.6. The molecule has 0 aromatic carbocycles. The van der Waals surface area contributed by atoms with Gasteiger partial charge in [0, 0.05) is 6.54 Å². The lowest BCUT2D eigenvalue weighted by Gasteiger charge is -2.47. The van der Waals surface area contributed by atoms with Gasteiger partial charge in [0.15, 0.2) is 0 Å². The third-order valence-electron chi connectivity index (χ3n) is 6.38. The molecule has 0 fully saturated rings. The zero-order valence-corrected chi connectivity index (χ0v) is 20.1. The van der Waals surface area contributed by atoms with Gasteiger partial charge in [-0.25, -0.2) is 22.9 Å². The molecule has 0 unspecified atom stereocenters. The second-order valence-electron chi connectivity index (χ2n) is 8.95. The van der Waals surface area contributed by atoms with Crippen molar-refractivity contribution in [2.24, 2.45) is 15.1 Å². The third-order valence-corrected chi connectivity index (χ3v) is 10.1. The van der Waals surface area contributed by atoms with Crippen LogP contribution in [0.25, 0.3) is 0 Å². The molecule has 2 aromatic heterocycles. The molecule has 3 N–H and O–H groups in total. The Morgan fingerprint density at radius 1 is 1.26 bits per heavy atom. The molecular weight excluding hydrogens is 485 g/mol. The summed E-state index contributed by atoms with van der Waals surface area (Å²) in [4.78, 5) is 25.3. The first-order valence-electron chi connectivity index (χ1n) is 10.8. The molecule has 0 radical (unpaired) electrons. The van der Waals surface area contributed by atoms with Crippen LogP contribution in [-0.2, 0) is 15.3 Å². The highest BCUT2D eigenvalue weighted by Gasteiger charge is 2.56. The minimum Gasteiger partial charge on any atom is -0.433 e. The molecule has 2 aromatic rings. The van der Waals surface area contributed by atoms with Crippen LogP contribution in [0.3, 0.4) is 0 Å². The number of anilines is 1. The first kappa shape index (κ1) is 24.9. The summed E-state index contributed by atoms with van der Waals surface area (Å²) in [5.41, 5.74) is 4.64. The standard InChI is InChI=1S/C22H25F3N6O3S/c1-21(2)19(26)31-22(3,15-5-4-10-28-35(15,21)33)17-13(23)7-9-16(29-17)30-18(32)14-8-6-12(11-27-14)34-20(24)25/h6-9,11,15,20H,4-5,10H2,1-3H3,(H2,26,31)(H,29,30,32)/t15-,22-,35-/m0/s1. The Hall–Kier alpha value is -3.22. The molecule has 3 atom stereocenters. The monoisotopic (exact) mass is 510 g/mol. The molecule has 9 nitrogen and oxygen atoms in total. The van der Waals surface area contributed by atoms with Crippen LogP contribution in [0, 0.1) is 5.82 Å². The van der Waals surface area contributed by atoms with Gasteiger partial charge >= 0.3 is 6.61 Å². The lowest BCUT2D eigenvalue weighted by Crippen LogP contribution is -2.60. The maximum absolute atomic E-state index is 15.1. The fraction of sp³-hybridized carbons (Fsp3) is 0.455. The van der Waals surface area contributed by atoms with E-state index in [-0.39, 0.29) is 28.8 Å². The zero-order valence-electron chi connectivity index (χ0n) is 19.3. The van der Waals surface area contributed by atoms with E-state index in [1.165, 1.54) is 18.2 Å². The molecule has 0 spiro atoms. The number of fused-ring (bicyclic) bond motifs is 1. The number of nitrogens with one attached hydrogen (secondary N) is 1. The maximum Gasteiger partial charge on any atom is 0.387 e. The average molecular weight is 511 g/mol. The summed E-state index contributed by atoms with van der Waals surface area (Å²) in [6, 6.07) is 4.76. The second kappa shape index (κ2) is 8.77. The first-order valence-corrected chi connectivity index (χ1v) is 12.4. The summed E-state index contributed by atoms with van der Waals surface area (Å²) >= 11 is 0. The van der Waals surface area contributed by atoms with Crippen LogP contribution in [-0.4, -0.2) is 49.1 Å². The van der Waals surface area contributed by atoms with E-state index in [9.17, 15) is 17.8 Å². The number of carbonyl (C=O) groups is 1. The number of ether oxygens (including phenoxy) is 1. The van der Waals surface area contributed by atoms with Crippen LogP contribution < -0.4 is 15.8 Å². The summed E-state index contributed by atoms with van der Waals surface area (Å²) in [5, 5.41) is 1.87. The van der Waals surface area contributed by atoms with Gasteiger partial charge in [-0.3, -0.25) is 9.79 Å². The number of nitrogens with zero attached hydrogens (tertiary/aromatic N) is 4. The van der Waals surface area contributed by atoms with E-state index in [1.54, 1.807) is 20.8 Å². The van der Waals surface area contributed by atoms with Crippen LogP contribution >= 0.6 is 0 Å². The quantitative estimate of drug-likeness (QED) is 0.633. The smallest absolute Gasteiger partial charge is 0.387 e. The Morgan fingerprint density at radius 2 is 2.00 bits per heavy atom. The lowest BCUT2D eigenvalue weighted by atomic mass is 9.89. The molecule has 2 aliphatic heterocycles. The number of pyridine rings is 2. The fourth-order valence-corrected chi connectivity index (χ4v) is 7.61. The molecule has 35 heavy (non-hydrogen) atoms. The predicted octanol–water partition coefficient (Wildman–Crippen LogP) is 3.46. The number of amides is 1. The number of rotatable bonds is 5. The van der Waals surface area contributed by atoms with Crippen molar-refractivity contribution in [3.05, 3.63) is 47.7 Å². The van der Waals surface area contributed by atoms with Gasteiger partial charge in [-0.2, -0.15) is 8.78 Å². The van der Waals surface area contributed by atoms with E-state index < -0.39 is 43.6 Å². The third kappa shape index (κ3) is 4.21. The number of carbonyl (C=O) groups excluding carboxylic acids is 1. The summed E-state index contributed by atoms with van der Waals surface area (Å²) < 4.78 is 61.5. The van der Waals surface area contributed by atoms with Gasteiger partial charge in [-0.15, -0.1) is 0 Å². The van der Waals surface area contributed by atoms with Gasteiger partial charge in [-0.1, -0.05) is 0 Å². The van der Waals surface area contributed by atoms with Crippen molar-refractivity contribution in [1.82, 2.24) is 9.97 Å². The highest BCUT2D eigenvalue weighted by atomic mass is 32.2. The topological polar surface area (TPSA) is 132 Å². The van der Waals surface area contributed by atoms with Crippen LogP contribution in [0.15, 0.2) is 39.8 Å². The minimum absolute atomic E-state index is 0.000171. The molecule has 2 aliphatic rings. The Kier molecular flexibility index (Phi) is 6.24. The number of hydrogen-bond donors (Lipinski definition) is 2. The van der Waals surface area contributed by atoms with Crippen molar-refractivity contribution < 1.29 is 26.9 Å². The van der Waals surface area contributed by atoms with Crippen molar-refractivity contribution in [1.29, 1.82) is 0 Å². The highest BCUT2D eigenvalue weighted by molar-refractivity contribution is 7.96. The highest BCUT2D eigenvalue weighted by Crippen LogP contribution is 2.46. The summed E-state index contributed by atoms with van der Waals surface area (Å²) in [7, 11) is -2.92. The van der Waals surface area contributed by atoms with Gasteiger partial charge in [0.25, 0.3) is 5.91 Å². The SMILES string of the molecule is CC1(C)C(N)=N[C@](C)(c2nc(NC(=O)c3ccc(OC(F)F)cn3)ccc2F)[C@@H]2CCCN=[S@]21=O. The van der Waals surface area contributed by atoms with E-state index in [2.05, 4.69) is 29.4 Å². The molecule has 1 amide bonds. The van der Waals surface area contributed by atoms with Crippen molar-refractivity contribution in [3.8, 4) is 5.75 Å². The molecule has 188 valence electrons. The molecule has 13 heteroatoms. The predicted molar refractivity (Wildman–Crippen MR) is 125 cm³/mol. The van der Waals surface area contributed by atoms with Gasteiger partial charge in [-0.05, 0) is 57.9 Å². The van der Waals surface area contributed by atoms with Crippen LogP contribution in [0.4, 0.5) is 19.0 Å². The van der Waals surface area contributed by atoms with E-state index in [4.69, 9.17) is 5.73 Å². The number of aliphatic imine (C=N–C) groups is 1. The lowest BCUT2D eigenvalue weighted by molar-refractivity contribution is -0.0500. The number of amidine groups is 1. The van der Waals surface area contributed by atoms with E-state index >= 15 is 4.39 Å². The van der Waals surface area contributed by atoms with E-state index in [0.29, 0.717) is 19.4 Å². The minimum atomic E-state index is -3.02. The number of hydrogen-bond acceptors (Lipinski definition) is 8. The Labute approximate surface area is 200 Å². The van der Waals surface area contributed by atoms with Gasteiger partial charge < -0.3 is 15.8 Å². The molecule has 4 rings (SSSR count). The second-order valence-corrected chi connectivity index (χ2v) is 11.9. The van der Waals surface area contributed by atoms with Crippen LogP contribution in [0.1, 0.15) is 49.8 Å². The van der Waals surface area contributed by atoms with Gasteiger partial charge in [0.1, 0.15) is 44.9 Å². The Balaban J connectivity index is 1.69. The van der Waals surface area contributed by atoms with Crippen molar-refractivity contribution in [3.63, 3.8) is 0 Å². The number of halogens is 3. The van der Waals surface area contributed by atoms with Crippen molar-refractivity contribution >= 4 is 27.3 Å². The fourth-order valence-electron chi connectivity index (χ4n) is 4.38. The van der Waals surface area contributed by atoms with E-state index in [0.717, 1.165) is 12.3 Å². The molecule has 0 aliphatic carbocycles. The van der Waals surface area contributed by atoms with Crippen molar-refractivity contribution in [2.75, 3.05) is 11.9 Å². The Morgan fingerprint density at radius 3 is 2.66 bits per heavy atom. The van der Waals surface area contributed by atoms with Crippen LogP contribution in [0.5, 0.6) is 5.75 Å². The molecule has 4 heterocycles. The largest absolute Gasteiger partial charge is 0.433 e. The van der Waals surface area contributed by atoms with Crippen molar-refractivity contribution in [2.45, 2.75) is 55.8 Å². The number of aromatic nitrogens is 2. The van der Waals surface area contributed by atoms with E-state index in [1.807, 2.05) is 0 Å².